The number of hydrogen-bond acceptors (Lipinski definition) is 6. The average Bonchev–Trinajstić information content (AvgIpc) is 2.23. The summed E-state index contributed by atoms with van der Waals surface area (Å²) in [6.07, 6.45) is -6.65. The molecule has 0 aromatic rings. The maximum Gasteiger partial charge on any atom is 0.111 e. The summed E-state index contributed by atoms with van der Waals surface area (Å²) in [5.74, 6) is 0. The van der Waals surface area contributed by atoms with Crippen LogP contribution in [0.1, 0.15) is 6.92 Å². The van der Waals surface area contributed by atoms with E-state index in [9.17, 15) is 15.3 Å². The molecule has 6 nitrogen and oxygen atoms in total. The number of aliphatic hydroxyl groups excluding tert-OH is 5. The van der Waals surface area contributed by atoms with Crippen molar-refractivity contribution >= 4 is 0 Å². The standard InChI is InChI=1S/C8H18O6/c1-4(14-2)6(11)8(13)7(12)5(10)3-9/h4-13H,3H2,1-2H3/t4?,5-,6+,7-,8-/m1/s1. The van der Waals surface area contributed by atoms with E-state index in [0.29, 0.717) is 0 Å². The molecule has 0 aliphatic rings. The van der Waals surface area contributed by atoms with E-state index in [-0.39, 0.29) is 0 Å². The highest BCUT2D eigenvalue weighted by molar-refractivity contribution is 4.83. The highest BCUT2D eigenvalue weighted by Crippen LogP contribution is 2.09. The zero-order chi connectivity index (χ0) is 11.3. The molecule has 0 aliphatic heterocycles. The van der Waals surface area contributed by atoms with E-state index in [0.717, 1.165) is 0 Å². The molecule has 86 valence electrons. The lowest BCUT2D eigenvalue weighted by molar-refractivity contribution is -0.142. The summed E-state index contributed by atoms with van der Waals surface area (Å²) in [4.78, 5) is 0. The van der Waals surface area contributed by atoms with E-state index in [4.69, 9.17) is 14.9 Å². The molecule has 0 rings (SSSR count). The molecule has 6 heteroatoms. The second kappa shape index (κ2) is 6.28. The van der Waals surface area contributed by atoms with Gasteiger partial charge < -0.3 is 30.3 Å². The lowest BCUT2D eigenvalue weighted by Gasteiger charge is -2.28. The predicted octanol–water partition coefficient (Wildman–Crippen LogP) is -2.54. The Morgan fingerprint density at radius 2 is 1.50 bits per heavy atom. The molecule has 0 fully saturated rings. The first kappa shape index (κ1) is 13.8. The van der Waals surface area contributed by atoms with Crippen LogP contribution in [-0.4, -0.2) is 69.8 Å². The fraction of sp³-hybridized carbons (Fsp3) is 1.00. The Morgan fingerprint density at radius 3 is 1.86 bits per heavy atom. The van der Waals surface area contributed by atoms with Gasteiger partial charge in [-0.25, -0.2) is 0 Å². The maximum atomic E-state index is 9.37. The summed E-state index contributed by atoms with van der Waals surface area (Å²) >= 11 is 0. The summed E-state index contributed by atoms with van der Waals surface area (Å²) < 4.78 is 4.73. The van der Waals surface area contributed by atoms with Gasteiger partial charge in [0.05, 0.1) is 12.7 Å². The van der Waals surface area contributed by atoms with Crippen molar-refractivity contribution in [3.05, 3.63) is 0 Å². The van der Waals surface area contributed by atoms with Crippen molar-refractivity contribution in [2.45, 2.75) is 37.4 Å². The molecule has 5 N–H and O–H groups in total. The van der Waals surface area contributed by atoms with Crippen LogP contribution in [0.15, 0.2) is 0 Å². The molecule has 1 unspecified atom stereocenters. The van der Waals surface area contributed by atoms with Gasteiger partial charge in [0, 0.05) is 7.11 Å². The monoisotopic (exact) mass is 210 g/mol. The third kappa shape index (κ3) is 3.49. The van der Waals surface area contributed by atoms with Crippen molar-refractivity contribution < 1.29 is 30.3 Å². The highest BCUT2D eigenvalue weighted by Gasteiger charge is 2.32. The Morgan fingerprint density at radius 1 is 1.00 bits per heavy atom. The third-order valence-electron chi connectivity index (χ3n) is 2.13. The first-order valence-corrected chi connectivity index (χ1v) is 4.31. The van der Waals surface area contributed by atoms with E-state index in [2.05, 4.69) is 0 Å². The summed E-state index contributed by atoms with van der Waals surface area (Å²) in [6.45, 7) is 0.818. The molecule has 0 spiro atoms. The van der Waals surface area contributed by atoms with Gasteiger partial charge in [-0.05, 0) is 6.92 Å². The van der Waals surface area contributed by atoms with E-state index in [1.54, 1.807) is 0 Å². The van der Waals surface area contributed by atoms with Crippen LogP contribution < -0.4 is 0 Å². The van der Waals surface area contributed by atoms with E-state index >= 15 is 0 Å². The van der Waals surface area contributed by atoms with Gasteiger partial charge in [-0.2, -0.15) is 0 Å². The van der Waals surface area contributed by atoms with E-state index < -0.39 is 37.1 Å². The summed E-state index contributed by atoms with van der Waals surface area (Å²) in [6, 6.07) is 0. The normalized spacial score (nSPS) is 22.5. The van der Waals surface area contributed by atoms with E-state index in [1.165, 1.54) is 14.0 Å². The SMILES string of the molecule is COC(C)[C@H](O)[C@@H](O)[C@H](O)[C@H](O)CO. The predicted molar refractivity (Wildman–Crippen MR) is 47.6 cm³/mol. The minimum absolute atomic E-state index is 0.675. The van der Waals surface area contributed by atoms with Gasteiger partial charge in [-0.15, -0.1) is 0 Å². The molecule has 0 heterocycles. The fourth-order valence-electron chi connectivity index (χ4n) is 0.955. The van der Waals surface area contributed by atoms with Crippen LogP contribution in [0.2, 0.25) is 0 Å². The zero-order valence-corrected chi connectivity index (χ0v) is 8.24. The summed E-state index contributed by atoms with van der Waals surface area (Å²) in [5, 5.41) is 45.4. The third-order valence-corrected chi connectivity index (χ3v) is 2.13. The number of aliphatic hydroxyl groups is 5. The Bertz CT molecular complexity index is 137. The van der Waals surface area contributed by atoms with Gasteiger partial charge in [0.15, 0.2) is 0 Å². The van der Waals surface area contributed by atoms with Gasteiger partial charge in [-0.3, -0.25) is 0 Å². The van der Waals surface area contributed by atoms with Gasteiger partial charge in [0.2, 0.25) is 0 Å². The molecule has 0 bridgehead atoms. The molecule has 0 aliphatic carbocycles. The number of ether oxygens (including phenoxy) is 1. The van der Waals surface area contributed by atoms with Crippen molar-refractivity contribution in [3.63, 3.8) is 0 Å². The summed E-state index contributed by atoms with van der Waals surface area (Å²) in [5.41, 5.74) is 0. The first-order chi connectivity index (χ1) is 6.45. The molecule has 14 heavy (non-hydrogen) atoms. The Kier molecular flexibility index (Phi) is 6.17. The van der Waals surface area contributed by atoms with Crippen molar-refractivity contribution in [3.8, 4) is 0 Å². The van der Waals surface area contributed by atoms with Gasteiger partial charge >= 0.3 is 0 Å². The van der Waals surface area contributed by atoms with Crippen molar-refractivity contribution in [2.75, 3.05) is 13.7 Å². The van der Waals surface area contributed by atoms with Crippen LogP contribution >= 0.6 is 0 Å². The van der Waals surface area contributed by atoms with Crippen LogP contribution in [0.25, 0.3) is 0 Å². The number of methoxy groups -OCH3 is 1. The number of hydrogen-bond donors (Lipinski definition) is 5. The quantitative estimate of drug-likeness (QED) is 0.330. The number of rotatable bonds is 6. The molecular weight excluding hydrogens is 192 g/mol. The lowest BCUT2D eigenvalue weighted by Crippen LogP contribution is -2.49. The van der Waals surface area contributed by atoms with Crippen LogP contribution in [0.5, 0.6) is 0 Å². The highest BCUT2D eigenvalue weighted by atomic mass is 16.5. The van der Waals surface area contributed by atoms with Crippen molar-refractivity contribution in [1.82, 2.24) is 0 Å². The molecule has 0 radical (unpaired) electrons. The molecule has 5 atom stereocenters. The largest absolute Gasteiger partial charge is 0.394 e. The maximum absolute atomic E-state index is 9.37. The molecule has 0 saturated heterocycles. The fourth-order valence-corrected chi connectivity index (χ4v) is 0.955. The average molecular weight is 210 g/mol. The Labute approximate surface area is 82.4 Å². The van der Waals surface area contributed by atoms with Gasteiger partial charge in [0.1, 0.15) is 24.4 Å². The van der Waals surface area contributed by atoms with Crippen molar-refractivity contribution in [1.29, 1.82) is 0 Å². The molecule has 0 saturated carbocycles. The summed E-state index contributed by atoms with van der Waals surface area (Å²) in [7, 11) is 1.34. The second-order valence-electron chi connectivity index (χ2n) is 3.16. The van der Waals surface area contributed by atoms with Crippen LogP contribution in [0.3, 0.4) is 0 Å². The molecule has 0 aromatic heterocycles. The topological polar surface area (TPSA) is 110 Å². The molecule has 0 aromatic carbocycles. The van der Waals surface area contributed by atoms with Crippen LogP contribution in [0.4, 0.5) is 0 Å². The Hall–Kier alpha value is -0.240. The first-order valence-electron chi connectivity index (χ1n) is 4.31. The Balaban J connectivity index is 4.22. The minimum Gasteiger partial charge on any atom is -0.394 e. The lowest BCUT2D eigenvalue weighted by atomic mass is 10.0. The smallest absolute Gasteiger partial charge is 0.111 e. The van der Waals surface area contributed by atoms with Gasteiger partial charge in [-0.1, -0.05) is 0 Å². The van der Waals surface area contributed by atoms with E-state index in [1.807, 2.05) is 0 Å². The molecular formula is C8H18O6. The molecule has 0 amide bonds. The van der Waals surface area contributed by atoms with Crippen LogP contribution in [-0.2, 0) is 4.74 Å². The van der Waals surface area contributed by atoms with Crippen molar-refractivity contribution in [2.24, 2.45) is 0 Å². The minimum atomic E-state index is -1.60. The second-order valence-corrected chi connectivity index (χ2v) is 3.16. The van der Waals surface area contributed by atoms with Crippen LogP contribution in [0, 0.1) is 0 Å². The van der Waals surface area contributed by atoms with Gasteiger partial charge in [0.25, 0.3) is 0 Å². The zero-order valence-electron chi connectivity index (χ0n) is 8.24.